The zero-order valence-electron chi connectivity index (χ0n) is 14.4. The molecule has 25 heavy (non-hydrogen) atoms. The van der Waals surface area contributed by atoms with Crippen molar-refractivity contribution in [3.63, 3.8) is 0 Å². The summed E-state index contributed by atoms with van der Waals surface area (Å²) in [6.45, 7) is 2.80. The van der Waals surface area contributed by atoms with Crippen molar-refractivity contribution in [1.29, 1.82) is 0 Å². The first kappa shape index (κ1) is 18.3. The van der Waals surface area contributed by atoms with Crippen molar-refractivity contribution in [3.05, 3.63) is 29.3 Å². The zero-order chi connectivity index (χ0) is 17.6. The van der Waals surface area contributed by atoms with Crippen LogP contribution < -0.4 is 5.32 Å². The molecule has 0 saturated heterocycles. The lowest BCUT2D eigenvalue weighted by Crippen LogP contribution is -2.37. The van der Waals surface area contributed by atoms with Crippen LogP contribution in [0.25, 0.3) is 11.4 Å². The predicted octanol–water partition coefficient (Wildman–Crippen LogP) is 4.16. The number of nitrogens with zero attached hydrogens (tertiary/aromatic N) is 3. The number of thioether (sulfide) groups is 1. The monoisotopic (exact) mass is 378 g/mol. The fraction of sp³-hybridized carbons (Fsp3) is 0.500. The van der Waals surface area contributed by atoms with Crippen molar-refractivity contribution >= 4 is 29.3 Å². The van der Waals surface area contributed by atoms with Gasteiger partial charge in [-0.3, -0.25) is 4.79 Å². The third-order valence-corrected chi connectivity index (χ3v) is 5.66. The van der Waals surface area contributed by atoms with E-state index in [0.717, 1.165) is 35.9 Å². The summed E-state index contributed by atoms with van der Waals surface area (Å²) >= 11 is 7.39. The van der Waals surface area contributed by atoms with E-state index in [1.54, 1.807) is 0 Å². The van der Waals surface area contributed by atoms with Gasteiger partial charge in [0.2, 0.25) is 5.91 Å². The Kier molecular flexibility index (Phi) is 6.37. The van der Waals surface area contributed by atoms with Crippen LogP contribution in [0.2, 0.25) is 5.02 Å². The molecule has 5 nitrogen and oxygen atoms in total. The molecule has 1 aromatic carbocycles. The Morgan fingerprint density at radius 1 is 1.24 bits per heavy atom. The Morgan fingerprint density at radius 3 is 2.64 bits per heavy atom. The van der Waals surface area contributed by atoms with Crippen molar-refractivity contribution in [2.75, 3.05) is 5.75 Å². The zero-order valence-corrected chi connectivity index (χ0v) is 15.9. The first-order valence-corrected chi connectivity index (χ1v) is 10.1. The highest BCUT2D eigenvalue weighted by atomic mass is 35.5. The summed E-state index contributed by atoms with van der Waals surface area (Å²) in [6, 6.07) is 7.90. The molecule has 0 atom stereocenters. The van der Waals surface area contributed by atoms with Gasteiger partial charge in [-0.25, -0.2) is 0 Å². The van der Waals surface area contributed by atoms with Crippen LogP contribution >= 0.6 is 23.4 Å². The quantitative estimate of drug-likeness (QED) is 0.767. The van der Waals surface area contributed by atoms with Gasteiger partial charge in [-0.05, 0) is 44.0 Å². The number of nitrogens with one attached hydrogen (secondary N) is 1. The summed E-state index contributed by atoms with van der Waals surface area (Å²) < 4.78 is 2.03. The molecule has 2 aromatic rings. The fourth-order valence-corrected chi connectivity index (χ4v) is 4.08. The number of rotatable bonds is 6. The predicted molar refractivity (Wildman–Crippen MR) is 102 cm³/mol. The average Bonchev–Trinajstić information content (AvgIpc) is 3.04. The normalized spacial score (nSPS) is 15.3. The molecule has 3 rings (SSSR count). The van der Waals surface area contributed by atoms with Crippen LogP contribution in [0.4, 0.5) is 0 Å². The van der Waals surface area contributed by atoms with E-state index in [-0.39, 0.29) is 5.91 Å². The molecule has 0 spiro atoms. The number of carbonyl (C=O) groups excluding carboxylic acids is 1. The average molecular weight is 379 g/mol. The van der Waals surface area contributed by atoms with Crippen molar-refractivity contribution in [2.45, 2.75) is 56.8 Å². The van der Waals surface area contributed by atoms with Crippen LogP contribution in [-0.4, -0.2) is 32.5 Å². The van der Waals surface area contributed by atoms with Gasteiger partial charge in [0.15, 0.2) is 11.0 Å². The molecule has 0 aliphatic heterocycles. The topological polar surface area (TPSA) is 59.8 Å². The highest BCUT2D eigenvalue weighted by Gasteiger charge is 2.18. The lowest BCUT2D eigenvalue weighted by Gasteiger charge is -2.22. The van der Waals surface area contributed by atoms with Crippen LogP contribution in [-0.2, 0) is 11.3 Å². The standard InChI is InChI=1S/C18H23ClN4OS/c1-2-23-17(13-8-10-14(19)11-9-13)21-22-18(23)25-12-16(24)20-15-6-4-3-5-7-15/h8-11,15H,2-7,12H2,1H3,(H,20,24). The minimum atomic E-state index is 0.0793. The number of benzene rings is 1. The minimum absolute atomic E-state index is 0.0793. The molecule has 7 heteroatoms. The molecule has 0 unspecified atom stereocenters. The van der Waals surface area contributed by atoms with Crippen LogP contribution in [0.1, 0.15) is 39.0 Å². The number of hydrogen-bond donors (Lipinski definition) is 1. The van der Waals surface area contributed by atoms with E-state index in [2.05, 4.69) is 22.4 Å². The molecule has 1 aliphatic carbocycles. The number of aromatic nitrogens is 3. The molecular formula is C18H23ClN4OS. The second kappa shape index (κ2) is 8.72. The molecule has 1 heterocycles. The first-order chi connectivity index (χ1) is 12.2. The van der Waals surface area contributed by atoms with Gasteiger partial charge in [-0.1, -0.05) is 42.6 Å². The van der Waals surface area contributed by atoms with E-state index in [1.807, 2.05) is 28.8 Å². The second-order valence-electron chi connectivity index (χ2n) is 6.25. The maximum Gasteiger partial charge on any atom is 0.230 e. The fourth-order valence-electron chi connectivity index (χ4n) is 3.14. The van der Waals surface area contributed by atoms with E-state index >= 15 is 0 Å². The Balaban J connectivity index is 1.62. The molecule has 1 aliphatic rings. The van der Waals surface area contributed by atoms with E-state index < -0.39 is 0 Å². The molecule has 1 fully saturated rings. The van der Waals surface area contributed by atoms with E-state index in [4.69, 9.17) is 11.6 Å². The van der Waals surface area contributed by atoms with Crippen LogP contribution in [0.15, 0.2) is 29.4 Å². The summed E-state index contributed by atoms with van der Waals surface area (Å²) in [5.74, 6) is 1.25. The van der Waals surface area contributed by atoms with Crippen molar-refractivity contribution in [3.8, 4) is 11.4 Å². The summed E-state index contributed by atoms with van der Waals surface area (Å²) in [5, 5.41) is 13.2. The van der Waals surface area contributed by atoms with Crippen molar-refractivity contribution in [1.82, 2.24) is 20.1 Å². The number of amides is 1. The Hall–Kier alpha value is -1.53. The van der Waals surface area contributed by atoms with Gasteiger partial charge in [0.25, 0.3) is 0 Å². The lowest BCUT2D eigenvalue weighted by atomic mass is 9.95. The second-order valence-corrected chi connectivity index (χ2v) is 7.63. The van der Waals surface area contributed by atoms with Crippen LogP contribution in [0.3, 0.4) is 0 Å². The molecule has 0 radical (unpaired) electrons. The van der Waals surface area contributed by atoms with Gasteiger partial charge >= 0.3 is 0 Å². The van der Waals surface area contributed by atoms with E-state index in [1.165, 1.54) is 31.0 Å². The Labute approximate surface area is 157 Å². The highest BCUT2D eigenvalue weighted by Crippen LogP contribution is 2.25. The van der Waals surface area contributed by atoms with Crippen molar-refractivity contribution < 1.29 is 4.79 Å². The molecule has 134 valence electrons. The molecule has 0 bridgehead atoms. The van der Waals surface area contributed by atoms with Gasteiger partial charge in [0.1, 0.15) is 0 Å². The Bertz CT molecular complexity index is 710. The van der Waals surface area contributed by atoms with E-state index in [9.17, 15) is 4.79 Å². The summed E-state index contributed by atoms with van der Waals surface area (Å²) in [4.78, 5) is 12.2. The largest absolute Gasteiger partial charge is 0.353 e. The van der Waals surface area contributed by atoms with Crippen molar-refractivity contribution in [2.24, 2.45) is 0 Å². The number of hydrogen-bond acceptors (Lipinski definition) is 4. The SMILES string of the molecule is CCn1c(SCC(=O)NC2CCCCC2)nnc1-c1ccc(Cl)cc1. The molecule has 1 aromatic heterocycles. The van der Waals surface area contributed by atoms with Crippen LogP contribution in [0.5, 0.6) is 0 Å². The minimum Gasteiger partial charge on any atom is -0.353 e. The van der Waals surface area contributed by atoms with Gasteiger partial charge in [-0.15, -0.1) is 10.2 Å². The first-order valence-electron chi connectivity index (χ1n) is 8.78. The maximum absolute atomic E-state index is 12.2. The molecule has 1 saturated carbocycles. The summed E-state index contributed by atoms with van der Waals surface area (Å²) in [7, 11) is 0. The molecule has 1 amide bonds. The van der Waals surface area contributed by atoms with Gasteiger partial charge < -0.3 is 9.88 Å². The van der Waals surface area contributed by atoms with Crippen LogP contribution in [0, 0.1) is 0 Å². The number of halogens is 1. The third kappa shape index (κ3) is 4.76. The highest BCUT2D eigenvalue weighted by molar-refractivity contribution is 7.99. The van der Waals surface area contributed by atoms with Gasteiger partial charge in [0, 0.05) is 23.2 Å². The third-order valence-electron chi connectivity index (χ3n) is 4.44. The smallest absolute Gasteiger partial charge is 0.230 e. The lowest BCUT2D eigenvalue weighted by molar-refractivity contribution is -0.119. The Morgan fingerprint density at radius 2 is 1.96 bits per heavy atom. The molecule has 1 N–H and O–H groups in total. The van der Waals surface area contributed by atoms with Gasteiger partial charge in [-0.2, -0.15) is 0 Å². The summed E-state index contributed by atoms with van der Waals surface area (Å²) in [5.41, 5.74) is 0.970. The number of carbonyl (C=O) groups is 1. The van der Waals surface area contributed by atoms with Gasteiger partial charge in [0.05, 0.1) is 5.75 Å². The van der Waals surface area contributed by atoms with E-state index in [0.29, 0.717) is 16.8 Å². The summed E-state index contributed by atoms with van der Waals surface area (Å²) in [6.07, 6.45) is 5.91. The molecular weight excluding hydrogens is 356 g/mol. The maximum atomic E-state index is 12.2.